The van der Waals surface area contributed by atoms with E-state index in [9.17, 15) is 4.79 Å². The highest BCUT2D eigenvalue weighted by molar-refractivity contribution is 6.05. The largest absolute Gasteiger partial charge is 0.326 e. The number of para-hydroxylation sites is 1. The Kier molecular flexibility index (Phi) is 3.38. The van der Waals surface area contributed by atoms with E-state index in [4.69, 9.17) is 11.0 Å². The topological polar surface area (TPSA) is 83.0 Å². The zero-order valence-electron chi connectivity index (χ0n) is 11.4. The number of pyridine rings is 1. The predicted octanol–water partition coefficient (Wildman–Crippen LogP) is 1.48. The maximum Gasteiger partial charge on any atom is 0.276 e. The molecule has 0 bridgehead atoms. The van der Waals surface area contributed by atoms with Crippen molar-refractivity contribution in [3.05, 3.63) is 59.4 Å². The van der Waals surface area contributed by atoms with Crippen molar-refractivity contribution < 1.29 is 4.79 Å². The number of nitrogens with two attached hydrogens (primary N) is 1. The minimum Gasteiger partial charge on any atom is -0.326 e. The molecule has 0 saturated heterocycles. The molecule has 1 aliphatic heterocycles. The van der Waals surface area contributed by atoms with E-state index < -0.39 is 0 Å². The molecule has 104 valence electrons. The third kappa shape index (κ3) is 2.49. The summed E-state index contributed by atoms with van der Waals surface area (Å²) in [6, 6.07) is 12.8. The lowest BCUT2D eigenvalue weighted by atomic mass is 9.98. The summed E-state index contributed by atoms with van der Waals surface area (Å²) in [4.78, 5) is 18.4. The van der Waals surface area contributed by atoms with Crippen molar-refractivity contribution in [2.45, 2.75) is 12.5 Å². The molecule has 0 fully saturated rings. The van der Waals surface area contributed by atoms with E-state index in [1.54, 1.807) is 17.0 Å². The van der Waals surface area contributed by atoms with Crippen LogP contribution in [0.3, 0.4) is 0 Å². The number of carbonyl (C=O) groups excluding carboxylic acids is 1. The van der Waals surface area contributed by atoms with Gasteiger partial charge in [-0.25, -0.2) is 4.98 Å². The number of aromatic nitrogens is 1. The van der Waals surface area contributed by atoms with Crippen LogP contribution in [0.15, 0.2) is 42.6 Å². The molecule has 0 spiro atoms. The first-order chi connectivity index (χ1) is 10.2. The molecule has 5 heteroatoms. The van der Waals surface area contributed by atoms with Crippen LogP contribution in [0.1, 0.15) is 21.6 Å². The van der Waals surface area contributed by atoms with Gasteiger partial charge in [0.25, 0.3) is 5.91 Å². The maximum atomic E-state index is 12.6. The van der Waals surface area contributed by atoms with Crippen LogP contribution in [-0.2, 0) is 6.42 Å². The van der Waals surface area contributed by atoms with Gasteiger partial charge in [-0.05, 0) is 30.2 Å². The first-order valence-electron chi connectivity index (χ1n) is 6.70. The van der Waals surface area contributed by atoms with E-state index in [0.29, 0.717) is 17.8 Å². The van der Waals surface area contributed by atoms with Crippen molar-refractivity contribution in [1.29, 1.82) is 5.26 Å². The summed E-state index contributed by atoms with van der Waals surface area (Å²) in [6.07, 6.45) is 2.17. The molecule has 1 unspecified atom stereocenters. The molecule has 2 aromatic rings. The normalized spacial score (nSPS) is 17.0. The minimum atomic E-state index is -0.193. The van der Waals surface area contributed by atoms with Crippen LogP contribution in [0.4, 0.5) is 5.69 Å². The van der Waals surface area contributed by atoms with E-state index in [0.717, 1.165) is 17.7 Å². The molecule has 0 saturated carbocycles. The number of nitriles is 1. The van der Waals surface area contributed by atoms with Crippen molar-refractivity contribution in [1.82, 2.24) is 4.98 Å². The lowest BCUT2D eigenvalue weighted by Gasteiger charge is -2.32. The molecule has 1 aromatic heterocycles. The summed E-state index contributed by atoms with van der Waals surface area (Å²) in [5.74, 6) is -0.193. The molecule has 21 heavy (non-hydrogen) atoms. The predicted molar refractivity (Wildman–Crippen MR) is 78.7 cm³/mol. The molecule has 1 aliphatic rings. The Labute approximate surface area is 122 Å². The van der Waals surface area contributed by atoms with Gasteiger partial charge in [-0.3, -0.25) is 4.79 Å². The Morgan fingerprint density at radius 1 is 1.33 bits per heavy atom. The van der Waals surface area contributed by atoms with Crippen LogP contribution >= 0.6 is 0 Å². The van der Waals surface area contributed by atoms with Crippen molar-refractivity contribution in [2.75, 3.05) is 11.4 Å². The van der Waals surface area contributed by atoms with Gasteiger partial charge in [-0.15, -0.1) is 0 Å². The van der Waals surface area contributed by atoms with Crippen molar-refractivity contribution in [2.24, 2.45) is 5.73 Å². The van der Waals surface area contributed by atoms with Gasteiger partial charge >= 0.3 is 0 Å². The smallest absolute Gasteiger partial charge is 0.276 e. The molecule has 5 nitrogen and oxygen atoms in total. The Hall–Kier alpha value is -2.71. The number of amides is 1. The summed E-state index contributed by atoms with van der Waals surface area (Å²) < 4.78 is 0. The first-order valence-corrected chi connectivity index (χ1v) is 6.70. The molecule has 0 radical (unpaired) electrons. The molecule has 1 aromatic carbocycles. The van der Waals surface area contributed by atoms with E-state index in [-0.39, 0.29) is 11.9 Å². The summed E-state index contributed by atoms with van der Waals surface area (Å²) >= 11 is 0. The molecule has 2 heterocycles. The SMILES string of the molecule is N#Cc1ccc(C(=O)N2CC(N)Cc3ccccc32)nc1. The first kappa shape index (κ1) is 13.3. The number of benzene rings is 1. The molecular formula is C16H14N4O. The number of hydrogen-bond donors (Lipinski definition) is 1. The van der Waals surface area contributed by atoms with Gasteiger partial charge in [0.05, 0.1) is 5.56 Å². The van der Waals surface area contributed by atoms with Crippen LogP contribution < -0.4 is 10.6 Å². The van der Waals surface area contributed by atoms with Gasteiger partial charge in [0.1, 0.15) is 11.8 Å². The fourth-order valence-corrected chi connectivity index (χ4v) is 2.54. The monoisotopic (exact) mass is 278 g/mol. The zero-order chi connectivity index (χ0) is 14.8. The van der Waals surface area contributed by atoms with Crippen LogP contribution in [0, 0.1) is 11.3 Å². The van der Waals surface area contributed by atoms with Gasteiger partial charge in [0, 0.05) is 24.5 Å². The average molecular weight is 278 g/mol. The van der Waals surface area contributed by atoms with Gasteiger partial charge in [-0.1, -0.05) is 18.2 Å². The van der Waals surface area contributed by atoms with Gasteiger partial charge in [0.15, 0.2) is 0 Å². The number of anilines is 1. The number of carbonyl (C=O) groups is 1. The van der Waals surface area contributed by atoms with Crippen LogP contribution in [0.25, 0.3) is 0 Å². The second kappa shape index (κ2) is 5.35. The summed E-state index contributed by atoms with van der Waals surface area (Å²) in [7, 11) is 0. The number of rotatable bonds is 1. The second-order valence-electron chi connectivity index (χ2n) is 5.05. The van der Waals surface area contributed by atoms with Gasteiger partial charge < -0.3 is 10.6 Å². The minimum absolute atomic E-state index is 0.0813. The van der Waals surface area contributed by atoms with Crippen LogP contribution in [0.2, 0.25) is 0 Å². The van der Waals surface area contributed by atoms with Crippen molar-refractivity contribution in [3.63, 3.8) is 0 Å². The molecule has 2 N–H and O–H groups in total. The summed E-state index contributed by atoms with van der Waals surface area (Å²) in [5.41, 5.74) is 8.75. The number of nitrogens with zero attached hydrogens (tertiary/aromatic N) is 3. The van der Waals surface area contributed by atoms with Gasteiger partial charge in [0.2, 0.25) is 0 Å². The second-order valence-corrected chi connectivity index (χ2v) is 5.05. The number of fused-ring (bicyclic) bond motifs is 1. The highest BCUT2D eigenvalue weighted by atomic mass is 16.2. The van der Waals surface area contributed by atoms with Crippen LogP contribution in [-0.4, -0.2) is 23.5 Å². The Bertz CT molecular complexity index is 718. The van der Waals surface area contributed by atoms with Crippen LogP contribution in [0.5, 0.6) is 0 Å². The third-order valence-corrected chi connectivity index (χ3v) is 3.54. The molecular weight excluding hydrogens is 264 g/mol. The fourth-order valence-electron chi connectivity index (χ4n) is 2.54. The third-order valence-electron chi connectivity index (χ3n) is 3.54. The highest BCUT2D eigenvalue weighted by Gasteiger charge is 2.27. The molecule has 0 aliphatic carbocycles. The van der Waals surface area contributed by atoms with Gasteiger partial charge in [-0.2, -0.15) is 5.26 Å². The molecule has 3 rings (SSSR count). The standard InChI is InChI=1S/C16H14N4O/c17-8-11-5-6-14(19-9-11)16(21)20-10-13(18)7-12-3-1-2-4-15(12)20/h1-6,9,13H,7,10,18H2. The Morgan fingerprint density at radius 2 is 2.14 bits per heavy atom. The quantitative estimate of drug-likeness (QED) is 0.856. The van der Waals surface area contributed by atoms with E-state index >= 15 is 0 Å². The Morgan fingerprint density at radius 3 is 2.86 bits per heavy atom. The van der Waals surface area contributed by atoms with E-state index in [1.807, 2.05) is 30.3 Å². The lowest BCUT2D eigenvalue weighted by molar-refractivity contribution is 0.0978. The Balaban J connectivity index is 1.96. The average Bonchev–Trinajstić information content (AvgIpc) is 2.53. The summed E-state index contributed by atoms with van der Waals surface area (Å²) in [6.45, 7) is 0.470. The lowest BCUT2D eigenvalue weighted by Crippen LogP contribution is -2.46. The molecule has 1 atom stereocenters. The van der Waals surface area contributed by atoms with Crippen molar-refractivity contribution >= 4 is 11.6 Å². The zero-order valence-corrected chi connectivity index (χ0v) is 11.4. The maximum absolute atomic E-state index is 12.6. The fraction of sp³-hybridized carbons (Fsp3) is 0.188. The van der Waals surface area contributed by atoms with E-state index in [2.05, 4.69) is 4.98 Å². The molecule has 1 amide bonds. The number of hydrogen-bond acceptors (Lipinski definition) is 4. The summed E-state index contributed by atoms with van der Waals surface area (Å²) in [5, 5.41) is 8.78. The highest BCUT2D eigenvalue weighted by Crippen LogP contribution is 2.27. The van der Waals surface area contributed by atoms with E-state index in [1.165, 1.54) is 6.20 Å². The van der Waals surface area contributed by atoms with Crippen molar-refractivity contribution in [3.8, 4) is 6.07 Å².